The van der Waals surface area contributed by atoms with Crippen LogP contribution < -0.4 is 9.80 Å². The van der Waals surface area contributed by atoms with Crippen LogP contribution in [0.1, 0.15) is 93.9 Å². The van der Waals surface area contributed by atoms with Gasteiger partial charge in [-0.25, -0.2) is 0 Å². The van der Waals surface area contributed by atoms with Crippen LogP contribution in [-0.2, 0) is 11.8 Å². The fourth-order valence-electron chi connectivity index (χ4n) is 10.2. The maximum Gasteiger partial charge on any atom is 0.0503 e. The summed E-state index contributed by atoms with van der Waals surface area (Å²) in [5, 5.41) is 0. The maximum atomic E-state index is 2.49. The maximum absolute atomic E-state index is 2.49. The molecule has 2 nitrogen and oxygen atoms in total. The Morgan fingerprint density at radius 2 is 0.921 bits per heavy atom. The summed E-state index contributed by atoms with van der Waals surface area (Å²) in [6, 6.07) is 72.6. The van der Waals surface area contributed by atoms with Crippen LogP contribution in [0.4, 0.5) is 34.1 Å². The first-order chi connectivity index (χ1) is 30.9. The van der Waals surface area contributed by atoms with Crippen LogP contribution >= 0.6 is 0 Å². The molecule has 0 unspecified atom stereocenters. The van der Waals surface area contributed by atoms with Gasteiger partial charge >= 0.3 is 0 Å². The van der Waals surface area contributed by atoms with E-state index in [0.717, 1.165) is 17.8 Å². The van der Waals surface area contributed by atoms with Crippen LogP contribution in [0.15, 0.2) is 194 Å². The fourth-order valence-corrected chi connectivity index (χ4v) is 10.2. The number of hydrogen-bond donors (Lipinski definition) is 0. The summed E-state index contributed by atoms with van der Waals surface area (Å²) in [4.78, 5) is 4.90. The topological polar surface area (TPSA) is 6.48 Å². The van der Waals surface area contributed by atoms with Crippen molar-refractivity contribution in [2.45, 2.75) is 83.5 Å². The molecule has 0 radical (unpaired) electrons. The van der Waals surface area contributed by atoms with Crippen molar-refractivity contribution in [3.63, 3.8) is 0 Å². The number of fused-ring (bicyclic) bond motifs is 2. The molecular weight excluding hydrogens is 761 g/mol. The van der Waals surface area contributed by atoms with E-state index >= 15 is 0 Å². The SMILES string of the molecule is CCCCc1ccc(N2c3ccc(-c4ccccc4)cc3C(C)(C)c3cc(-c4ccc(N(c5ccc(-c6ccccc6)cc5)c5ccc(C6CCCCC6)cc5)cc4)ccc32)cc1. The van der Waals surface area contributed by atoms with Crippen molar-refractivity contribution >= 4 is 34.1 Å². The summed E-state index contributed by atoms with van der Waals surface area (Å²) in [5.41, 5.74) is 19.8. The number of unbranched alkanes of at least 4 members (excludes halogenated alkanes) is 1. The van der Waals surface area contributed by atoms with Gasteiger partial charge < -0.3 is 9.80 Å². The number of benzene rings is 8. The number of aryl methyl sites for hydroxylation is 1. The van der Waals surface area contributed by atoms with Crippen molar-refractivity contribution in [1.29, 1.82) is 0 Å². The molecule has 1 aliphatic heterocycles. The first kappa shape index (κ1) is 40.4. The average molecular weight is 819 g/mol. The van der Waals surface area contributed by atoms with E-state index in [1.54, 1.807) is 0 Å². The third-order valence-corrected chi connectivity index (χ3v) is 13.9. The lowest BCUT2D eigenvalue weighted by atomic mass is 9.72. The molecule has 312 valence electrons. The second-order valence-electron chi connectivity index (χ2n) is 18.3. The Kier molecular flexibility index (Phi) is 11.3. The van der Waals surface area contributed by atoms with Crippen molar-refractivity contribution in [1.82, 2.24) is 0 Å². The molecule has 0 bridgehead atoms. The Bertz CT molecular complexity index is 2780. The standard InChI is InChI=1S/C61H58N2/c1-4-5-15-44-22-32-56(33-23-44)63-59-40-30-51(47-20-13-8-14-21-47)42-57(59)61(2,3)58-43-52(31-41-60(58)63)50-28-38-55(39-29-50)62(53-34-24-48(25-35-53)45-16-9-6-10-17-45)54-36-26-49(27-37-54)46-18-11-7-12-19-46/h6,8-10,13-14,16-17,20-43,46H,4-5,7,11-12,15,18-19H2,1-3H3. The molecule has 0 saturated heterocycles. The first-order valence-electron chi connectivity index (χ1n) is 23.3. The Balaban J connectivity index is 1.02. The predicted molar refractivity (Wildman–Crippen MR) is 269 cm³/mol. The summed E-state index contributed by atoms with van der Waals surface area (Å²) < 4.78 is 0. The summed E-state index contributed by atoms with van der Waals surface area (Å²) in [6.45, 7) is 7.07. The molecule has 8 aromatic carbocycles. The zero-order valence-corrected chi connectivity index (χ0v) is 37.1. The van der Waals surface area contributed by atoms with Crippen LogP contribution in [0.3, 0.4) is 0 Å². The minimum atomic E-state index is -0.241. The zero-order chi connectivity index (χ0) is 42.8. The zero-order valence-electron chi connectivity index (χ0n) is 37.1. The monoisotopic (exact) mass is 818 g/mol. The molecule has 2 heteroatoms. The van der Waals surface area contributed by atoms with Gasteiger partial charge in [-0.2, -0.15) is 0 Å². The summed E-state index contributed by atoms with van der Waals surface area (Å²) >= 11 is 0. The van der Waals surface area contributed by atoms with Crippen molar-refractivity contribution in [2.24, 2.45) is 0 Å². The largest absolute Gasteiger partial charge is 0.311 e. The highest BCUT2D eigenvalue weighted by atomic mass is 15.2. The Morgan fingerprint density at radius 3 is 1.43 bits per heavy atom. The lowest BCUT2D eigenvalue weighted by molar-refractivity contribution is 0.443. The second kappa shape index (κ2) is 17.6. The van der Waals surface area contributed by atoms with Gasteiger partial charge in [-0.05, 0) is 160 Å². The highest BCUT2D eigenvalue weighted by Crippen LogP contribution is 2.53. The van der Waals surface area contributed by atoms with Crippen LogP contribution in [0.2, 0.25) is 0 Å². The fraction of sp³-hybridized carbons (Fsp3) is 0.213. The predicted octanol–water partition coefficient (Wildman–Crippen LogP) is 17.7. The van der Waals surface area contributed by atoms with E-state index < -0.39 is 0 Å². The Hall–Kier alpha value is -6.64. The van der Waals surface area contributed by atoms with E-state index in [1.807, 2.05) is 0 Å². The number of nitrogens with zero attached hydrogens (tertiary/aromatic N) is 2. The molecule has 1 fully saturated rings. The van der Waals surface area contributed by atoms with Gasteiger partial charge in [-0.3, -0.25) is 0 Å². The molecule has 0 amide bonds. The quantitative estimate of drug-likeness (QED) is 0.128. The molecule has 0 N–H and O–H groups in total. The molecular formula is C61H58N2. The van der Waals surface area contributed by atoms with E-state index in [4.69, 9.17) is 0 Å². The minimum absolute atomic E-state index is 0.241. The second-order valence-corrected chi connectivity index (χ2v) is 18.3. The van der Waals surface area contributed by atoms with Gasteiger partial charge in [0.1, 0.15) is 0 Å². The molecule has 0 aromatic heterocycles. The smallest absolute Gasteiger partial charge is 0.0503 e. The van der Waals surface area contributed by atoms with Gasteiger partial charge in [0.25, 0.3) is 0 Å². The first-order valence-corrected chi connectivity index (χ1v) is 23.3. The number of hydrogen-bond acceptors (Lipinski definition) is 2. The minimum Gasteiger partial charge on any atom is -0.311 e. The van der Waals surface area contributed by atoms with Crippen LogP contribution in [0.5, 0.6) is 0 Å². The van der Waals surface area contributed by atoms with Crippen LogP contribution in [0.25, 0.3) is 33.4 Å². The van der Waals surface area contributed by atoms with Crippen LogP contribution in [-0.4, -0.2) is 0 Å². The highest BCUT2D eigenvalue weighted by Gasteiger charge is 2.37. The lowest BCUT2D eigenvalue weighted by Crippen LogP contribution is -2.30. The summed E-state index contributed by atoms with van der Waals surface area (Å²) in [7, 11) is 0. The lowest BCUT2D eigenvalue weighted by Gasteiger charge is -2.42. The molecule has 0 spiro atoms. The molecule has 1 heterocycles. The van der Waals surface area contributed by atoms with Crippen molar-refractivity contribution in [2.75, 3.05) is 9.80 Å². The summed E-state index contributed by atoms with van der Waals surface area (Å²) in [5.74, 6) is 0.676. The van der Waals surface area contributed by atoms with E-state index in [1.165, 1.54) is 123 Å². The Morgan fingerprint density at radius 1 is 0.476 bits per heavy atom. The van der Waals surface area contributed by atoms with Crippen LogP contribution in [0, 0.1) is 0 Å². The molecule has 8 aromatic rings. The van der Waals surface area contributed by atoms with Gasteiger partial charge in [0.15, 0.2) is 0 Å². The Labute approximate surface area is 375 Å². The third kappa shape index (κ3) is 8.12. The van der Waals surface area contributed by atoms with E-state index in [-0.39, 0.29) is 5.41 Å². The van der Waals surface area contributed by atoms with Gasteiger partial charge in [-0.15, -0.1) is 0 Å². The average Bonchev–Trinajstić information content (AvgIpc) is 3.35. The van der Waals surface area contributed by atoms with E-state index in [2.05, 4.69) is 225 Å². The molecule has 1 aliphatic carbocycles. The number of rotatable bonds is 11. The van der Waals surface area contributed by atoms with Gasteiger partial charge in [-0.1, -0.05) is 168 Å². The van der Waals surface area contributed by atoms with Gasteiger partial charge in [0.05, 0.1) is 11.4 Å². The highest BCUT2D eigenvalue weighted by molar-refractivity contribution is 5.89. The molecule has 1 saturated carbocycles. The van der Waals surface area contributed by atoms with Gasteiger partial charge in [0, 0.05) is 28.2 Å². The van der Waals surface area contributed by atoms with Crippen molar-refractivity contribution in [3.05, 3.63) is 216 Å². The molecule has 2 aliphatic rings. The summed E-state index contributed by atoms with van der Waals surface area (Å²) in [6.07, 6.45) is 10.2. The van der Waals surface area contributed by atoms with Crippen molar-refractivity contribution in [3.8, 4) is 33.4 Å². The number of anilines is 6. The van der Waals surface area contributed by atoms with Crippen molar-refractivity contribution < 1.29 is 0 Å². The van der Waals surface area contributed by atoms with E-state index in [0.29, 0.717) is 5.92 Å². The third-order valence-electron chi connectivity index (χ3n) is 13.9. The van der Waals surface area contributed by atoms with E-state index in [9.17, 15) is 0 Å². The van der Waals surface area contributed by atoms with Gasteiger partial charge in [0.2, 0.25) is 0 Å². The normalized spacial score (nSPS) is 14.5. The molecule has 0 atom stereocenters. The molecule has 10 rings (SSSR count). The molecule has 63 heavy (non-hydrogen) atoms.